The monoisotopic (exact) mass is 335 g/mol. The van der Waals surface area contributed by atoms with Crippen molar-refractivity contribution in [3.05, 3.63) is 76.4 Å². The minimum Gasteiger partial charge on any atom is -0.290 e. The second-order valence-corrected chi connectivity index (χ2v) is 5.01. The maximum Gasteiger partial charge on any atom is 0.276 e. The number of nitrogens with zero attached hydrogens (tertiary/aromatic N) is 3. The lowest BCUT2D eigenvalue weighted by Crippen LogP contribution is -2.09. The standard InChI is InChI=1S/C17H13N5O3/c23-15(11-10-12-6-4-5-9-14(12)22(24)25)18-17-19-16(20-21-17)13-7-2-1-3-8-13/h1-11H,(H2,18,19,20,21,23)/b11-10+. The van der Waals surface area contributed by atoms with Crippen molar-refractivity contribution in [3.8, 4) is 11.4 Å². The molecule has 25 heavy (non-hydrogen) atoms. The van der Waals surface area contributed by atoms with Crippen LogP contribution in [0.25, 0.3) is 17.5 Å². The molecular weight excluding hydrogens is 322 g/mol. The number of hydrogen-bond donors (Lipinski definition) is 2. The Morgan fingerprint density at radius 2 is 1.84 bits per heavy atom. The summed E-state index contributed by atoms with van der Waals surface area (Å²) in [5, 5.41) is 20.1. The number of nitro benzene ring substituents is 1. The first-order chi connectivity index (χ1) is 12.1. The summed E-state index contributed by atoms with van der Waals surface area (Å²) >= 11 is 0. The number of carbonyl (C=O) groups excluding carboxylic acids is 1. The highest BCUT2D eigenvalue weighted by Crippen LogP contribution is 2.19. The van der Waals surface area contributed by atoms with Crippen molar-refractivity contribution in [2.24, 2.45) is 0 Å². The predicted molar refractivity (Wildman–Crippen MR) is 92.6 cm³/mol. The lowest BCUT2D eigenvalue weighted by molar-refractivity contribution is -0.385. The van der Waals surface area contributed by atoms with Crippen LogP contribution in [0.4, 0.5) is 11.6 Å². The molecule has 8 heteroatoms. The number of nitro groups is 1. The van der Waals surface area contributed by atoms with E-state index in [1.807, 2.05) is 30.3 Å². The number of H-pyrrole nitrogens is 1. The minimum absolute atomic E-state index is 0.0733. The fourth-order valence-corrected chi connectivity index (χ4v) is 2.15. The van der Waals surface area contributed by atoms with Gasteiger partial charge in [-0.3, -0.25) is 25.3 Å². The van der Waals surface area contributed by atoms with E-state index in [-0.39, 0.29) is 11.6 Å². The summed E-state index contributed by atoms with van der Waals surface area (Å²) < 4.78 is 0. The number of amides is 1. The Morgan fingerprint density at radius 3 is 2.60 bits per heavy atom. The van der Waals surface area contributed by atoms with Gasteiger partial charge in [-0.2, -0.15) is 4.98 Å². The van der Waals surface area contributed by atoms with E-state index in [4.69, 9.17) is 0 Å². The minimum atomic E-state index is -0.501. The summed E-state index contributed by atoms with van der Waals surface area (Å²) in [5.41, 5.74) is 1.10. The number of aromatic nitrogens is 3. The number of carbonyl (C=O) groups is 1. The Morgan fingerprint density at radius 1 is 1.12 bits per heavy atom. The van der Waals surface area contributed by atoms with Crippen LogP contribution in [-0.2, 0) is 4.79 Å². The van der Waals surface area contributed by atoms with Gasteiger partial charge in [0.15, 0.2) is 5.82 Å². The molecule has 0 radical (unpaired) electrons. The van der Waals surface area contributed by atoms with Crippen LogP contribution in [0.2, 0.25) is 0 Å². The molecule has 0 unspecified atom stereocenters. The van der Waals surface area contributed by atoms with Gasteiger partial charge in [-0.15, -0.1) is 5.10 Å². The molecule has 0 bridgehead atoms. The van der Waals surface area contributed by atoms with E-state index in [2.05, 4.69) is 20.5 Å². The van der Waals surface area contributed by atoms with Crippen molar-refractivity contribution < 1.29 is 9.72 Å². The predicted octanol–water partition coefficient (Wildman–Crippen LogP) is 3.03. The van der Waals surface area contributed by atoms with E-state index in [1.165, 1.54) is 18.2 Å². The molecule has 1 aromatic heterocycles. The van der Waals surface area contributed by atoms with Gasteiger partial charge in [0.05, 0.1) is 10.5 Å². The molecule has 0 atom stereocenters. The third-order valence-electron chi connectivity index (χ3n) is 3.32. The van der Waals surface area contributed by atoms with Gasteiger partial charge in [0, 0.05) is 17.7 Å². The quantitative estimate of drug-likeness (QED) is 0.422. The van der Waals surface area contributed by atoms with Crippen molar-refractivity contribution in [2.45, 2.75) is 0 Å². The number of nitrogens with one attached hydrogen (secondary N) is 2. The van der Waals surface area contributed by atoms with Crippen LogP contribution in [0.1, 0.15) is 5.56 Å². The summed E-state index contributed by atoms with van der Waals surface area (Å²) in [4.78, 5) is 26.6. The number of rotatable bonds is 5. The molecule has 2 N–H and O–H groups in total. The highest BCUT2D eigenvalue weighted by atomic mass is 16.6. The number of para-hydroxylation sites is 1. The molecule has 124 valence electrons. The summed E-state index contributed by atoms with van der Waals surface area (Å²) in [5.74, 6) is 0.159. The molecule has 1 amide bonds. The molecule has 0 aliphatic carbocycles. The molecule has 0 fully saturated rings. The van der Waals surface area contributed by atoms with Crippen molar-refractivity contribution in [3.63, 3.8) is 0 Å². The average molecular weight is 335 g/mol. The highest BCUT2D eigenvalue weighted by Gasteiger charge is 2.10. The van der Waals surface area contributed by atoms with Crippen LogP contribution in [0.15, 0.2) is 60.7 Å². The summed E-state index contributed by atoms with van der Waals surface area (Å²) in [7, 11) is 0. The van der Waals surface area contributed by atoms with Crippen LogP contribution in [-0.4, -0.2) is 26.0 Å². The lowest BCUT2D eigenvalue weighted by atomic mass is 10.1. The third kappa shape index (κ3) is 3.94. The zero-order valence-corrected chi connectivity index (χ0v) is 12.9. The molecule has 2 aromatic carbocycles. The van der Waals surface area contributed by atoms with Crippen molar-refractivity contribution in [2.75, 3.05) is 5.32 Å². The van der Waals surface area contributed by atoms with Crippen LogP contribution in [0, 0.1) is 10.1 Å². The molecule has 3 rings (SSSR count). The third-order valence-corrected chi connectivity index (χ3v) is 3.32. The van der Waals surface area contributed by atoms with Crippen LogP contribution in [0.3, 0.4) is 0 Å². The number of hydrogen-bond acceptors (Lipinski definition) is 5. The first-order valence-corrected chi connectivity index (χ1v) is 7.34. The second kappa shape index (κ2) is 7.18. The maximum atomic E-state index is 12.0. The smallest absolute Gasteiger partial charge is 0.276 e. The highest BCUT2D eigenvalue weighted by molar-refractivity contribution is 6.01. The summed E-state index contributed by atoms with van der Waals surface area (Å²) in [6.45, 7) is 0. The topological polar surface area (TPSA) is 114 Å². The number of benzene rings is 2. The molecule has 3 aromatic rings. The van der Waals surface area contributed by atoms with Gasteiger partial charge in [0.2, 0.25) is 5.95 Å². The van der Waals surface area contributed by atoms with Gasteiger partial charge < -0.3 is 0 Å². The molecular formula is C17H13N5O3. The molecule has 0 saturated heterocycles. The van der Waals surface area contributed by atoms with E-state index in [9.17, 15) is 14.9 Å². The summed E-state index contributed by atoms with van der Waals surface area (Å²) in [6, 6.07) is 15.5. The van der Waals surface area contributed by atoms with Gasteiger partial charge in [0.25, 0.3) is 11.6 Å². The van der Waals surface area contributed by atoms with Crippen molar-refractivity contribution in [1.82, 2.24) is 15.2 Å². The van der Waals surface area contributed by atoms with E-state index >= 15 is 0 Å². The van der Waals surface area contributed by atoms with E-state index in [0.29, 0.717) is 11.4 Å². The van der Waals surface area contributed by atoms with Crippen molar-refractivity contribution in [1.29, 1.82) is 0 Å². The van der Waals surface area contributed by atoms with Crippen molar-refractivity contribution >= 4 is 23.6 Å². The molecule has 0 spiro atoms. The SMILES string of the molecule is O=C(/C=C/c1ccccc1[N+](=O)[O-])Nc1n[nH]c(-c2ccccc2)n1. The Bertz CT molecular complexity index is 934. The maximum absolute atomic E-state index is 12.0. The molecule has 0 aliphatic heterocycles. The van der Waals surface area contributed by atoms with Gasteiger partial charge >= 0.3 is 0 Å². The van der Waals surface area contributed by atoms with Crippen LogP contribution < -0.4 is 5.32 Å². The number of anilines is 1. The Hall–Kier alpha value is -3.81. The van der Waals surface area contributed by atoms with Gasteiger partial charge in [0.1, 0.15) is 0 Å². The van der Waals surface area contributed by atoms with Gasteiger partial charge in [-0.05, 0) is 12.1 Å². The van der Waals surface area contributed by atoms with Crippen LogP contribution in [0.5, 0.6) is 0 Å². The summed E-state index contributed by atoms with van der Waals surface area (Å²) in [6.07, 6.45) is 2.57. The first-order valence-electron chi connectivity index (χ1n) is 7.34. The zero-order valence-electron chi connectivity index (χ0n) is 12.9. The zero-order chi connectivity index (χ0) is 17.6. The van der Waals surface area contributed by atoms with Gasteiger partial charge in [-0.25, -0.2) is 0 Å². The molecule has 0 saturated carbocycles. The molecule has 0 aliphatic rings. The molecule has 8 nitrogen and oxygen atoms in total. The number of aromatic amines is 1. The van der Waals surface area contributed by atoms with Crippen LogP contribution >= 0.6 is 0 Å². The Labute approximate surface area is 142 Å². The van der Waals surface area contributed by atoms with E-state index in [0.717, 1.165) is 5.56 Å². The fourth-order valence-electron chi connectivity index (χ4n) is 2.15. The van der Waals surface area contributed by atoms with E-state index in [1.54, 1.807) is 18.2 Å². The average Bonchev–Trinajstić information content (AvgIpc) is 3.09. The molecule has 1 heterocycles. The van der Waals surface area contributed by atoms with Gasteiger partial charge in [-0.1, -0.05) is 42.5 Å². The first kappa shape index (κ1) is 16.1. The normalized spacial score (nSPS) is 10.7. The fraction of sp³-hybridized carbons (Fsp3) is 0. The van der Waals surface area contributed by atoms with E-state index < -0.39 is 10.8 Å². The Kier molecular flexibility index (Phi) is 4.61. The second-order valence-electron chi connectivity index (χ2n) is 5.01. The Balaban J connectivity index is 1.69. The largest absolute Gasteiger partial charge is 0.290 e. The lowest BCUT2D eigenvalue weighted by Gasteiger charge is -1.97.